The Morgan fingerprint density at radius 2 is 2.00 bits per heavy atom. The molecule has 5 heteroatoms. The summed E-state index contributed by atoms with van der Waals surface area (Å²) in [6.45, 7) is 1.73. The molecule has 5 nitrogen and oxygen atoms in total. The fraction of sp³-hybridized carbons (Fsp3) is 0.250. The molecular formula is C16H16N2O3. The number of carbonyl (C=O) groups is 2. The third-order valence-corrected chi connectivity index (χ3v) is 3.40. The van der Waals surface area contributed by atoms with Crippen LogP contribution in [0.3, 0.4) is 0 Å². The van der Waals surface area contributed by atoms with Crippen LogP contribution in [0.25, 0.3) is 0 Å². The summed E-state index contributed by atoms with van der Waals surface area (Å²) in [6.07, 6.45) is 3.56. The van der Waals surface area contributed by atoms with E-state index in [4.69, 9.17) is 4.42 Å². The second kappa shape index (κ2) is 5.44. The Labute approximate surface area is 122 Å². The summed E-state index contributed by atoms with van der Waals surface area (Å²) in [5, 5.41) is 5.69. The van der Waals surface area contributed by atoms with Crippen LogP contribution >= 0.6 is 0 Å². The molecule has 21 heavy (non-hydrogen) atoms. The lowest BCUT2D eigenvalue weighted by atomic mass is 10.1. The van der Waals surface area contributed by atoms with E-state index in [-0.39, 0.29) is 11.8 Å². The number of anilines is 1. The van der Waals surface area contributed by atoms with Gasteiger partial charge >= 0.3 is 0 Å². The zero-order valence-electron chi connectivity index (χ0n) is 11.7. The van der Waals surface area contributed by atoms with Gasteiger partial charge in [-0.1, -0.05) is 6.07 Å². The molecule has 0 saturated heterocycles. The van der Waals surface area contributed by atoms with Gasteiger partial charge in [0.05, 0.1) is 11.8 Å². The van der Waals surface area contributed by atoms with Crippen LogP contribution < -0.4 is 10.6 Å². The standard InChI is InChI=1S/C16H16N2O3/c1-10-14(7-8-21-10)16(20)18-13-4-2-3-11(9-13)15(19)17-12-5-6-12/h2-4,7-9,12H,5-6H2,1H3,(H,17,19)(H,18,20). The summed E-state index contributed by atoms with van der Waals surface area (Å²) in [5.41, 5.74) is 1.62. The van der Waals surface area contributed by atoms with Crippen molar-refractivity contribution in [2.45, 2.75) is 25.8 Å². The third kappa shape index (κ3) is 3.13. The molecule has 108 valence electrons. The maximum Gasteiger partial charge on any atom is 0.259 e. The lowest BCUT2D eigenvalue weighted by molar-refractivity contribution is 0.0949. The van der Waals surface area contributed by atoms with Crippen LogP contribution in [0.2, 0.25) is 0 Å². The molecular weight excluding hydrogens is 268 g/mol. The average molecular weight is 284 g/mol. The first kappa shape index (κ1) is 13.4. The summed E-state index contributed by atoms with van der Waals surface area (Å²) in [6, 6.07) is 8.83. The quantitative estimate of drug-likeness (QED) is 0.906. The first-order valence-electron chi connectivity index (χ1n) is 6.90. The van der Waals surface area contributed by atoms with Gasteiger partial charge in [0, 0.05) is 17.3 Å². The van der Waals surface area contributed by atoms with Crippen molar-refractivity contribution in [3.05, 3.63) is 53.5 Å². The number of hydrogen-bond acceptors (Lipinski definition) is 3. The van der Waals surface area contributed by atoms with E-state index in [0.717, 1.165) is 12.8 Å². The number of aryl methyl sites for hydroxylation is 1. The van der Waals surface area contributed by atoms with Crippen molar-refractivity contribution in [1.29, 1.82) is 0 Å². The highest BCUT2D eigenvalue weighted by Crippen LogP contribution is 2.20. The second-order valence-electron chi connectivity index (χ2n) is 5.17. The molecule has 0 aliphatic heterocycles. The Morgan fingerprint density at radius 1 is 1.19 bits per heavy atom. The van der Waals surface area contributed by atoms with Crippen LogP contribution in [0.15, 0.2) is 41.0 Å². The lowest BCUT2D eigenvalue weighted by Crippen LogP contribution is -2.25. The highest BCUT2D eigenvalue weighted by Gasteiger charge is 2.23. The van der Waals surface area contributed by atoms with Gasteiger partial charge in [0.15, 0.2) is 0 Å². The van der Waals surface area contributed by atoms with E-state index in [2.05, 4.69) is 10.6 Å². The Kier molecular flexibility index (Phi) is 3.48. The van der Waals surface area contributed by atoms with Gasteiger partial charge in [-0.05, 0) is 44.0 Å². The first-order chi connectivity index (χ1) is 10.1. The molecule has 1 saturated carbocycles. The Balaban J connectivity index is 1.72. The number of benzene rings is 1. The van der Waals surface area contributed by atoms with Crippen molar-refractivity contribution < 1.29 is 14.0 Å². The van der Waals surface area contributed by atoms with Crippen LogP contribution in [-0.4, -0.2) is 17.9 Å². The molecule has 0 spiro atoms. The predicted octanol–water partition coefficient (Wildman–Crippen LogP) is 2.73. The van der Waals surface area contributed by atoms with Crippen molar-refractivity contribution in [3.8, 4) is 0 Å². The minimum atomic E-state index is -0.249. The van der Waals surface area contributed by atoms with Crippen molar-refractivity contribution in [2.24, 2.45) is 0 Å². The van der Waals surface area contributed by atoms with E-state index < -0.39 is 0 Å². The summed E-state index contributed by atoms with van der Waals surface area (Å²) in [7, 11) is 0. The summed E-state index contributed by atoms with van der Waals surface area (Å²) in [4.78, 5) is 24.1. The number of amides is 2. The number of nitrogens with one attached hydrogen (secondary N) is 2. The molecule has 0 atom stereocenters. The van der Waals surface area contributed by atoms with Crippen LogP contribution in [0.5, 0.6) is 0 Å². The minimum absolute atomic E-state index is 0.104. The number of carbonyl (C=O) groups excluding carboxylic acids is 2. The minimum Gasteiger partial charge on any atom is -0.469 e. The third-order valence-electron chi connectivity index (χ3n) is 3.40. The Bertz CT molecular complexity index is 686. The van der Waals surface area contributed by atoms with Crippen molar-refractivity contribution in [3.63, 3.8) is 0 Å². The van der Waals surface area contributed by atoms with Gasteiger partial charge < -0.3 is 15.1 Å². The topological polar surface area (TPSA) is 71.3 Å². The fourth-order valence-electron chi connectivity index (χ4n) is 2.05. The average Bonchev–Trinajstić information content (AvgIpc) is 3.17. The smallest absolute Gasteiger partial charge is 0.259 e. The van der Waals surface area contributed by atoms with E-state index in [1.54, 1.807) is 37.3 Å². The van der Waals surface area contributed by atoms with Crippen molar-refractivity contribution in [2.75, 3.05) is 5.32 Å². The molecule has 0 unspecified atom stereocenters. The maximum atomic E-state index is 12.1. The van der Waals surface area contributed by atoms with Crippen molar-refractivity contribution in [1.82, 2.24) is 5.32 Å². The molecule has 2 aromatic rings. The van der Waals surface area contributed by atoms with E-state index in [1.807, 2.05) is 0 Å². The molecule has 1 aromatic heterocycles. The van der Waals surface area contributed by atoms with Gasteiger partial charge in [0.2, 0.25) is 0 Å². The lowest BCUT2D eigenvalue weighted by Gasteiger charge is -2.07. The molecule has 1 aromatic carbocycles. The molecule has 0 bridgehead atoms. The maximum absolute atomic E-state index is 12.1. The number of hydrogen-bond donors (Lipinski definition) is 2. The predicted molar refractivity (Wildman–Crippen MR) is 78.3 cm³/mol. The van der Waals surface area contributed by atoms with E-state index >= 15 is 0 Å². The highest BCUT2D eigenvalue weighted by atomic mass is 16.3. The Morgan fingerprint density at radius 3 is 2.67 bits per heavy atom. The molecule has 2 amide bonds. The van der Waals surface area contributed by atoms with E-state index in [9.17, 15) is 9.59 Å². The Hall–Kier alpha value is -2.56. The number of rotatable bonds is 4. The van der Waals surface area contributed by atoms with Gasteiger partial charge in [-0.2, -0.15) is 0 Å². The largest absolute Gasteiger partial charge is 0.469 e. The van der Waals surface area contributed by atoms with Crippen LogP contribution in [-0.2, 0) is 0 Å². The zero-order valence-corrected chi connectivity index (χ0v) is 11.7. The summed E-state index contributed by atoms with van der Waals surface area (Å²) < 4.78 is 5.11. The second-order valence-corrected chi connectivity index (χ2v) is 5.17. The van der Waals surface area contributed by atoms with E-state index in [1.165, 1.54) is 6.26 Å². The van der Waals surface area contributed by atoms with Crippen LogP contribution in [0.1, 0.15) is 39.3 Å². The summed E-state index contributed by atoms with van der Waals surface area (Å²) in [5.74, 6) is 0.212. The monoisotopic (exact) mass is 284 g/mol. The SMILES string of the molecule is Cc1occc1C(=O)Nc1cccc(C(=O)NC2CC2)c1. The zero-order chi connectivity index (χ0) is 14.8. The normalized spacial score (nSPS) is 13.8. The highest BCUT2D eigenvalue weighted by molar-refractivity contribution is 6.05. The molecule has 1 fully saturated rings. The summed E-state index contributed by atoms with van der Waals surface area (Å²) >= 11 is 0. The van der Waals surface area contributed by atoms with Crippen LogP contribution in [0.4, 0.5) is 5.69 Å². The van der Waals surface area contributed by atoms with Gasteiger partial charge in [-0.15, -0.1) is 0 Å². The molecule has 0 radical (unpaired) electrons. The van der Waals surface area contributed by atoms with Gasteiger partial charge in [0.1, 0.15) is 5.76 Å². The molecule has 1 aliphatic rings. The van der Waals surface area contributed by atoms with Gasteiger partial charge in [0.25, 0.3) is 11.8 Å². The van der Waals surface area contributed by atoms with Crippen LogP contribution in [0, 0.1) is 6.92 Å². The van der Waals surface area contributed by atoms with E-state index in [0.29, 0.717) is 28.6 Å². The molecule has 3 rings (SSSR count). The molecule has 1 heterocycles. The van der Waals surface area contributed by atoms with Crippen molar-refractivity contribution >= 4 is 17.5 Å². The molecule has 2 N–H and O–H groups in total. The first-order valence-corrected chi connectivity index (χ1v) is 6.90. The number of furan rings is 1. The van der Waals surface area contributed by atoms with Gasteiger partial charge in [-0.25, -0.2) is 0 Å². The molecule has 1 aliphatic carbocycles. The fourth-order valence-corrected chi connectivity index (χ4v) is 2.05. The van der Waals surface area contributed by atoms with Gasteiger partial charge in [-0.3, -0.25) is 9.59 Å².